The number of methoxy groups -OCH3 is 2. The number of amides is 4. The lowest BCUT2D eigenvalue weighted by Gasteiger charge is -2.47. The van der Waals surface area contributed by atoms with Gasteiger partial charge in [0.05, 0.1) is 25.8 Å². The number of alkyl halides is 3. The van der Waals surface area contributed by atoms with Gasteiger partial charge in [0, 0.05) is 30.4 Å². The van der Waals surface area contributed by atoms with Gasteiger partial charge >= 0.3 is 12.3 Å². The minimum Gasteiger partial charge on any atom is -0.497 e. The van der Waals surface area contributed by atoms with E-state index < -0.39 is 90.9 Å². The fourth-order valence-corrected chi connectivity index (χ4v) is 10.5. The summed E-state index contributed by atoms with van der Waals surface area (Å²) < 4.78 is 94.9. The molecule has 1 saturated heterocycles. The highest BCUT2D eigenvalue weighted by Gasteiger charge is 2.61. The number of hydrogen-bond acceptors (Lipinski definition) is 11. The van der Waals surface area contributed by atoms with Crippen molar-refractivity contribution in [2.75, 3.05) is 27.4 Å². The van der Waals surface area contributed by atoms with Crippen LogP contribution in [0.15, 0.2) is 43.5 Å². The van der Waals surface area contributed by atoms with Crippen molar-refractivity contribution < 1.29 is 59.7 Å². The van der Waals surface area contributed by atoms with E-state index in [0.29, 0.717) is 30.4 Å². The summed E-state index contributed by atoms with van der Waals surface area (Å²) in [6.07, 6.45) is 0.805. The molecular weight excluding hydrogens is 848 g/mol. The maximum atomic E-state index is 14.9. The molecule has 1 aromatic carbocycles. The summed E-state index contributed by atoms with van der Waals surface area (Å²) in [6.45, 7) is 12.0. The Hall–Kier alpha value is -4.91. The Balaban J connectivity index is 1.39. The Morgan fingerprint density at radius 1 is 1.06 bits per heavy atom. The van der Waals surface area contributed by atoms with Crippen LogP contribution in [0.5, 0.6) is 11.5 Å². The van der Waals surface area contributed by atoms with Crippen molar-refractivity contribution in [1.29, 1.82) is 0 Å². The zero-order valence-corrected chi connectivity index (χ0v) is 37.3. The molecule has 1 aromatic heterocycles. The normalized spacial score (nSPS) is 24.3. The molecular formula is C44H58F3N5O10S. The largest absolute Gasteiger partial charge is 0.497 e. The highest BCUT2D eigenvalue weighted by atomic mass is 32.2. The number of nitrogens with zero attached hydrogens (tertiary/aromatic N) is 2. The lowest BCUT2D eigenvalue weighted by molar-refractivity contribution is -0.145. The van der Waals surface area contributed by atoms with Crippen molar-refractivity contribution in [3.8, 4) is 11.5 Å². The van der Waals surface area contributed by atoms with Crippen molar-refractivity contribution in [2.45, 2.75) is 138 Å². The average Bonchev–Trinajstić information content (AvgIpc) is 3.91. The van der Waals surface area contributed by atoms with E-state index in [4.69, 9.17) is 18.9 Å². The lowest BCUT2D eigenvalue weighted by Crippen LogP contribution is -2.70. The average molecular weight is 906 g/mol. The number of allylic oxidation sites excluding steroid dienone is 1. The molecule has 4 aliphatic rings. The number of fused-ring (bicyclic) bond motifs is 3. The molecule has 15 nitrogen and oxygen atoms in total. The SMILES string of the molecule is C=CCCCCCC(NC(=O)OC(C)(C)C)C(=O)N1CC2(CCc3c(c(C(F)(F)F)nc4ccc(OC)cc34)O2)CC1C(=O)NC1(C(=O)NS(=O)(=O)C2(COC)CC2)CCC1C=C. The molecule has 19 heteroatoms. The molecule has 3 N–H and O–H groups in total. The van der Waals surface area contributed by atoms with Gasteiger partial charge in [0.2, 0.25) is 21.8 Å². The monoisotopic (exact) mass is 905 g/mol. The number of carbonyl (C=O) groups is 4. The molecule has 0 bridgehead atoms. The second-order valence-corrected chi connectivity index (χ2v) is 20.2. The number of alkyl carbamates (subject to hydrolysis) is 1. The molecule has 2 saturated carbocycles. The Morgan fingerprint density at radius 2 is 1.79 bits per heavy atom. The van der Waals surface area contributed by atoms with E-state index in [1.807, 2.05) is 0 Å². The topological polar surface area (TPSA) is 192 Å². The third kappa shape index (κ3) is 9.78. The molecule has 3 fully saturated rings. The zero-order chi connectivity index (χ0) is 46.2. The number of hydrogen-bond donors (Lipinski definition) is 3. The second kappa shape index (κ2) is 17.9. The minimum absolute atomic E-state index is 0.0222. The van der Waals surface area contributed by atoms with Crippen molar-refractivity contribution in [2.24, 2.45) is 5.92 Å². The van der Waals surface area contributed by atoms with Crippen molar-refractivity contribution >= 4 is 44.7 Å². The first-order chi connectivity index (χ1) is 29.6. The fraction of sp³-hybridized carbons (Fsp3) is 0.614. The summed E-state index contributed by atoms with van der Waals surface area (Å²) >= 11 is 0. The number of sulfonamides is 1. The van der Waals surface area contributed by atoms with E-state index in [9.17, 15) is 40.8 Å². The maximum Gasteiger partial charge on any atom is 0.437 e. The van der Waals surface area contributed by atoms with Gasteiger partial charge in [0.15, 0.2) is 11.4 Å². The molecule has 2 aliphatic heterocycles. The van der Waals surface area contributed by atoms with Gasteiger partial charge in [-0.3, -0.25) is 19.1 Å². The highest BCUT2D eigenvalue weighted by molar-refractivity contribution is 7.91. The van der Waals surface area contributed by atoms with Gasteiger partial charge in [-0.25, -0.2) is 18.2 Å². The van der Waals surface area contributed by atoms with Gasteiger partial charge in [0.25, 0.3) is 5.91 Å². The fourth-order valence-electron chi connectivity index (χ4n) is 8.91. The lowest BCUT2D eigenvalue weighted by atomic mass is 9.66. The van der Waals surface area contributed by atoms with Crippen molar-refractivity contribution in [3.63, 3.8) is 0 Å². The number of aryl methyl sites for hydroxylation is 1. The van der Waals surface area contributed by atoms with Crippen LogP contribution in [0, 0.1) is 5.92 Å². The predicted octanol–water partition coefficient (Wildman–Crippen LogP) is 6.03. The van der Waals surface area contributed by atoms with Crippen LogP contribution in [0.1, 0.15) is 103 Å². The van der Waals surface area contributed by atoms with Gasteiger partial charge in [-0.1, -0.05) is 25.0 Å². The summed E-state index contributed by atoms with van der Waals surface area (Å²) in [5.41, 5.74) is -5.28. The number of benzene rings is 1. The Labute approximate surface area is 365 Å². The van der Waals surface area contributed by atoms with Crippen LogP contribution in [0.3, 0.4) is 0 Å². The summed E-state index contributed by atoms with van der Waals surface area (Å²) in [7, 11) is -1.50. The molecule has 6 rings (SSSR count). The molecule has 5 unspecified atom stereocenters. The van der Waals surface area contributed by atoms with E-state index >= 15 is 0 Å². The van der Waals surface area contributed by atoms with E-state index in [0.717, 1.165) is 12.8 Å². The number of rotatable bonds is 17. The van der Waals surface area contributed by atoms with Gasteiger partial charge in [-0.2, -0.15) is 13.2 Å². The molecule has 5 atom stereocenters. The highest BCUT2D eigenvalue weighted by Crippen LogP contribution is 2.50. The van der Waals surface area contributed by atoms with E-state index in [1.165, 1.54) is 37.3 Å². The van der Waals surface area contributed by atoms with Crippen molar-refractivity contribution in [3.05, 3.63) is 54.8 Å². The number of likely N-dealkylation sites (tertiary alicyclic amines) is 1. The van der Waals surface area contributed by atoms with Crippen LogP contribution in [-0.4, -0.2) is 103 Å². The van der Waals surface area contributed by atoms with Crippen LogP contribution >= 0.6 is 0 Å². The summed E-state index contributed by atoms with van der Waals surface area (Å²) in [4.78, 5) is 62.2. The number of unbranched alkanes of at least 4 members (excludes halogenated alkanes) is 3. The molecule has 1 spiro atoms. The second-order valence-electron chi connectivity index (χ2n) is 18.1. The van der Waals surface area contributed by atoms with E-state index in [1.54, 1.807) is 32.9 Å². The third-order valence-corrected chi connectivity index (χ3v) is 14.7. The Kier molecular flexibility index (Phi) is 13.5. The minimum atomic E-state index is -4.96. The summed E-state index contributed by atoms with van der Waals surface area (Å²) in [6, 6.07) is 1.81. The molecule has 2 aromatic rings. The number of halogens is 3. The van der Waals surface area contributed by atoms with E-state index in [-0.39, 0.29) is 69.2 Å². The maximum absolute atomic E-state index is 14.9. The van der Waals surface area contributed by atoms with Crippen LogP contribution in [0.25, 0.3) is 10.9 Å². The zero-order valence-electron chi connectivity index (χ0n) is 36.5. The molecule has 346 valence electrons. The smallest absolute Gasteiger partial charge is 0.437 e. The number of carbonyl (C=O) groups excluding carboxylic acids is 4. The first-order valence-corrected chi connectivity index (χ1v) is 22.7. The number of aromatic nitrogens is 1. The number of ether oxygens (including phenoxy) is 4. The van der Waals surface area contributed by atoms with E-state index in [2.05, 4.69) is 33.5 Å². The standard InChI is InChI=1S/C44H58F3N5O10S/c1-8-10-11-12-13-14-32(49-39(56)62-40(3,4)5)37(54)52-25-41(19-18-29-30-23-28(60-7)15-16-31(30)48-35(34(29)61-41)44(45,46)47)24-33(52)36(53)50-43(20-17-27(43)9-2)38(55)51-63(57,58)42(21-22-42)26-59-6/h8-9,15-16,23,27,32-33H,1-2,10-14,17-22,24-26H2,3-7H3,(H,49,56)(H,50,53)(H,51,55). The van der Waals surface area contributed by atoms with Crippen LogP contribution in [-0.2, 0) is 46.5 Å². The Morgan fingerprint density at radius 3 is 2.38 bits per heavy atom. The molecule has 0 radical (unpaired) electrons. The summed E-state index contributed by atoms with van der Waals surface area (Å²) in [5, 5.41) is 5.82. The molecule has 4 amide bonds. The number of nitrogens with one attached hydrogen (secondary N) is 3. The number of pyridine rings is 1. The van der Waals surface area contributed by atoms with Gasteiger partial charge in [-0.05, 0) is 96.8 Å². The van der Waals surface area contributed by atoms with Gasteiger partial charge < -0.3 is 34.5 Å². The molecule has 2 aliphatic carbocycles. The van der Waals surface area contributed by atoms with Gasteiger partial charge in [-0.15, -0.1) is 13.2 Å². The van der Waals surface area contributed by atoms with Crippen molar-refractivity contribution in [1.82, 2.24) is 25.2 Å². The Bertz CT molecular complexity index is 2240. The van der Waals surface area contributed by atoms with Crippen LogP contribution < -0.4 is 24.8 Å². The quantitative estimate of drug-likeness (QED) is 0.124. The first-order valence-electron chi connectivity index (χ1n) is 21.3. The predicted molar refractivity (Wildman–Crippen MR) is 226 cm³/mol. The first kappa shape index (κ1) is 47.6. The summed E-state index contributed by atoms with van der Waals surface area (Å²) in [5.74, 6) is -3.45. The van der Waals surface area contributed by atoms with Gasteiger partial charge in [0.1, 0.15) is 39.3 Å². The molecule has 3 heterocycles. The molecule has 63 heavy (non-hydrogen) atoms. The van der Waals surface area contributed by atoms with Crippen LogP contribution in [0.4, 0.5) is 18.0 Å². The van der Waals surface area contributed by atoms with Crippen LogP contribution in [0.2, 0.25) is 0 Å². The third-order valence-electron chi connectivity index (χ3n) is 12.6.